The molecule has 0 spiro atoms. The van der Waals surface area contributed by atoms with Crippen molar-refractivity contribution in [1.29, 1.82) is 0 Å². The third-order valence-corrected chi connectivity index (χ3v) is 0. The van der Waals surface area contributed by atoms with E-state index in [9.17, 15) is 0 Å². The fraction of sp³-hybridized carbons (Fsp3) is 1.00. The maximum Gasteiger partial charge on any atom is 0 e. The van der Waals surface area contributed by atoms with E-state index in [0.29, 0.717) is 0 Å². The van der Waals surface area contributed by atoms with E-state index in [0.717, 1.165) is 0 Å². The van der Waals surface area contributed by atoms with E-state index in [-0.39, 0.29) is 14.9 Å². The van der Waals surface area contributed by atoms with Crippen molar-refractivity contribution >= 4 is 0 Å². The largest absolute Gasteiger partial charge is 0.0776 e. The zero-order chi connectivity index (χ0) is 0. The fourth-order valence-electron chi connectivity index (χ4n) is 0. The molecule has 0 radical (unpaired) electrons. The van der Waals surface area contributed by atoms with Crippen LogP contribution >= 0.6 is 0 Å². The Balaban J connectivity index is 0. The second-order valence-corrected chi connectivity index (χ2v) is 0. The van der Waals surface area contributed by atoms with Gasteiger partial charge in [0.05, 0.1) is 0 Å². The molecule has 0 bridgehead atoms. The Kier molecular flexibility index (Phi) is 0. The molecular formula is C2H8No5. The van der Waals surface area contributed by atoms with Crippen LogP contribution in [0.15, 0.2) is 0 Å². The van der Waals surface area contributed by atoms with Crippen LogP contribution in [0.1, 0.15) is 14.9 Å². The first-order valence-corrected chi connectivity index (χ1v) is 0. The molecule has 0 unspecified atom stereocenters. The minimum absolute atomic E-state index is 0. The molecule has 0 N–H and O–H groups in total. The molecular weight excluding hydrogens is 1320 g/mol. The summed E-state index contributed by atoms with van der Waals surface area (Å²) < 4.78 is 0. The van der Waals surface area contributed by atoms with Crippen molar-refractivity contribution in [2.45, 2.75) is 14.9 Å². The summed E-state index contributed by atoms with van der Waals surface area (Å²) in [6.07, 6.45) is 0. The van der Waals surface area contributed by atoms with Gasteiger partial charge in [0.25, 0.3) is 0 Å². The standard InChI is InChI=1S/2CH4.5No/h2*1H4;;;;;. The normalized spacial score (nSPS) is 0. The summed E-state index contributed by atoms with van der Waals surface area (Å²) in [4.78, 5) is 0. The van der Waals surface area contributed by atoms with Gasteiger partial charge in [-0.3, -0.25) is 0 Å². The molecule has 86 valence electrons. The van der Waals surface area contributed by atoms with Gasteiger partial charge in [-0.25, -0.2) is 0 Å². The predicted octanol–water partition coefficient (Wildman–Crippen LogP) is 1.27. The maximum absolute atomic E-state index is 0. The SMILES string of the molecule is C.C.[No].[No].[No].[No].[No]. The van der Waals surface area contributed by atoms with Crippen LogP contribution in [0.2, 0.25) is 0 Å². The Hall–Kier alpha value is -5.00. The zero-order valence-electron chi connectivity index (χ0n) is 1.34. The van der Waals surface area contributed by atoms with Gasteiger partial charge in [0, 0.05) is 0 Å². The molecule has 7 heavy (non-hydrogen) atoms. The average Bonchev–Trinajstić information content (AvgIpc) is 0. The van der Waals surface area contributed by atoms with Crippen LogP contribution in [-0.4, -0.2) is 0 Å². The van der Waals surface area contributed by atoms with Gasteiger partial charge in [0.2, 0.25) is 0 Å². The molecule has 0 aromatic rings. The van der Waals surface area contributed by atoms with E-state index >= 15 is 0 Å². The molecule has 0 aliphatic carbocycles. The van der Waals surface area contributed by atoms with Gasteiger partial charge in [-0.1, -0.05) is 14.9 Å². The molecule has 0 fully saturated rings. The van der Waals surface area contributed by atoms with Crippen molar-refractivity contribution in [3.8, 4) is 0 Å². The summed E-state index contributed by atoms with van der Waals surface area (Å²) in [7, 11) is 0. The van der Waals surface area contributed by atoms with Crippen LogP contribution in [0.25, 0.3) is 0 Å². The third kappa shape index (κ3) is 0.0400. The van der Waals surface area contributed by atoms with Crippen molar-refractivity contribution < 1.29 is 0 Å². The molecule has 0 aliphatic heterocycles. The smallest absolute Gasteiger partial charge is 0 e. The van der Waals surface area contributed by atoms with Crippen molar-refractivity contribution in [3.05, 3.63) is 0 Å². The molecule has 0 saturated carbocycles. The van der Waals surface area contributed by atoms with Crippen molar-refractivity contribution in [1.82, 2.24) is 0 Å². The van der Waals surface area contributed by atoms with Gasteiger partial charge >= 0.3 is 0 Å². The molecule has 0 aromatic carbocycles. The number of hydrogen-bond acceptors (Lipinski definition) is 0. The molecule has 0 rings (SSSR count). The van der Waals surface area contributed by atoms with Crippen LogP contribution in [-0.2, 0) is 0 Å². The minimum Gasteiger partial charge on any atom is -0.0776 e. The molecule has 0 heterocycles. The Labute approximate surface area is 16.1 Å². The van der Waals surface area contributed by atoms with Gasteiger partial charge in [-0.2, -0.15) is 0 Å². The molecule has 0 aromatic heterocycles. The van der Waals surface area contributed by atoms with Crippen LogP contribution in [0.4, 0.5) is 0 Å². The summed E-state index contributed by atoms with van der Waals surface area (Å²) in [6, 6.07) is 0. The Morgan fingerprint density at radius 3 is 0.286 bits per heavy atom. The second kappa shape index (κ2) is 0. The summed E-state index contributed by atoms with van der Waals surface area (Å²) in [6.45, 7) is 0. The third-order valence-electron chi connectivity index (χ3n) is 0. The van der Waals surface area contributed by atoms with Gasteiger partial charge in [0.15, 0.2) is 0 Å². The quantitative estimate of drug-likeness (QED) is 0.344. The summed E-state index contributed by atoms with van der Waals surface area (Å²) in [5.74, 6) is 0. The van der Waals surface area contributed by atoms with Gasteiger partial charge in [-0.15, -0.1) is 0 Å². The van der Waals surface area contributed by atoms with Crippen molar-refractivity contribution in [2.24, 2.45) is 0 Å². The summed E-state index contributed by atoms with van der Waals surface area (Å²) >= 11 is 0. The Bertz CT molecular complexity index is 6.04. The first-order chi connectivity index (χ1) is 0. The summed E-state index contributed by atoms with van der Waals surface area (Å²) in [5.41, 5.74) is 0. The molecule has 0 aliphatic rings. The Morgan fingerprint density at radius 2 is 0.286 bits per heavy atom. The van der Waals surface area contributed by atoms with E-state index in [1.165, 1.54) is 0 Å². The minimum atomic E-state index is 0. The number of hydrogen-bond donors (Lipinski definition) is 0. The van der Waals surface area contributed by atoms with Crippen molar-refractivity contribution in [2.75, 3.05) is 0 Å². The summed E-state index contributed by atoms with van der Waals surface area (Å²) in [5, 5.41) is 0. The monoisotopic (exact) mass is 1330 g/mol. The van der Waals surface area contributed by atoms with E-state index in [1.54, 1.807) is 0 Å². The van der Waals surface area contributed by atoms with Gasteiger partial charge < -0.3 is 0 Å². The topological polar surface area (TPSA) is 0 Å². The van der Waals surface area contributed by atoms with Crippen LogP contribution < -0.4 is 0 Å². The maximum atomic E-state index is 0. The van der Waals surface area contributed by atoms with Crippen LogP contribution in [0, 0.1) is 0 Å². The number of rotatable bonds is 0. The van der Waals surface area contributed by atoms with E-state index in [1.807, 2.05) is 0 Å². The fourth-order valence-corrected chi connectivity index (χ4v) is 0. The predicted molar refractivity (Wildman–Crippen MR) is 13.5 cm³/mol. The molecule has 0 atom stereocenters. The Morgan fingerprint density at radius 1 is 0.286 bits per heavy atom. The zero-order valence-corrected chi connectivity index (χ0v) is 12.5. The molecule has 5 heteroatoms. The second-order valence-electron chi connectivity index (χ2n) is 0. The molecule has 0 nitrogen and oxygen atoms in total. The van der Waals surface area contributed by atoms with E-state index < -0.39 is 0 Å². The van der Waals surface area contributed by atoms with E-state index in [2.05, 4.69) is 0 Å². The molecule has 0 amide bonds. The van der Waals surface area contributed by atoms with Crippen molar-refractivity contribution in [3.63, 3.8) is 0 Å². The first-order valence-electron chi connectivity index (χ1n) is 0. The van der Waals surface area contributed by atoms with Crippen LogP contribution in [0.5, 0.6) is 0 Å². The van der Waals surface area contributed by atoms with E-state index in [4.69, 9.17) is 0 Å². The van der Waals surface area contributed by atoms with Crippen LogP contribution in [0.3, 0.4) is 0 Å². The van der Waals surface area contributed by atoms with Gasteiger partial charge in [0.1, 0.15) is 0 Å². The first kappa shape index (κ1) is 0.0800. The van der Waals surface area contributed by atoms with Gasteiger partial charge in [-0.05, 0) is 0 Å². The molecule has 0 saturated heterocycles. The average molecular weight is 1330 g/mol.